The molecule has 166 valence electrons. The number of Topliss-reactive ketones (excluding diaryl/α,β-unsaturated/α-hetero) is 1. The average molecular weight is 451 g/mol. The van der Waals surface area contributed by atoms with Crippen molar-refractivity contribution in [2.75, 3.05) is 5.32 Å². The lowest BCUT2D eigenvalue weighted by atomic mass is 10.00. The first-order valence-corrected chi connectivity index (χ1v) is 11.8. The molecule has 4 rings (SSSR count). The molecule has 1 aliphatic rings. The summed E-state index contributed by atoms with van der Waals surface area (Å²) < 4.78 is 0. The van der Waals surface area contributed by atoms with Gasteiger partial charge in [-0.1, -0.05) is 13.0 Å². The molecule has 1 aliphatic carbocycles. The highest BCUT2D eigenvalue weighted by molar-refractivity contribution is 7.11. The number of ketones is 1. The first kappa shape index (κ1) is 22.1. The summed E-state index contributed by atoms with van der Waals surface area (Å²) in [6.07, 6.45) is 6.88. The van der Waals surface area contributed by atoms with Crippen LogP contribution in [0.2, 0.25) is 0 Å². The number of hydrogen-bond acceptors (Lipinski definition) is 8. The van der Waals surface area contributed by atoms with Crippen molar-refractivity contribution in [1.29, 1.82) is 0 Å². The summed E-state index contributed by atoms with van der Waals surface area (Å²) in [6, 6.07) is 9.22. The molecule has 0 aromatic carbocycles. The predicted octanol–water partition coefficient (Wildman–Crippen LogP) is 3.55. The number of nitrogens with one attached hydrogen (secondary N) is 1. The number of pyridine rings is 1. The van der Waals surface area contributed by atoms with E-state index in [1.165, 1.54) is 0 Å². The molecule has 1 N–H and O–H groups in total. The minimum absolute atomic E-state index is 0.165. The molecular formula is C23H26N6O2S. The van der Waals surface area contributed by atoms with Gasteiger partial charge in [0, 0.05) is 24.2 Å². The second-order valence-electron chi connectivity index (χ2n) is 8.14. The molecule has 0 saturated heterocycles. The minimum atomic E-state index is -0.165. The van der Waals surface area contributed by atoms with Crippen LogP contribution >= 0.6 is 11.3 Å². The van der Waals surface area contributed by atoms with Crippen LogP contribution in [-0.4, -0.2) is 37.1 Å². The molecule has 0 spiro atoms. The summed E-state index contributed by atoms with van der Waals surface area (Å²) in [6.45, 7) is 1.87. The smallest absolute Gasteiger partial charge is 0.231 e. The maximum absolute atomic E-state index is 12.1. The Morgan fingerprint density at radius 3 is 2.69 bits per heavy atom. The monoisotopic (exact) mass is 450 g/mol. The van der Waals surface area contributed by atoms with Crippen molar-refractivity contribution in [2.45, 2.75) is 57.8 Å². The molecule has 8 nitrogen and oxygen atoms in total. The third-order valence-corrected chi connectivity index (χ3v) is 6.75. The summed E-state index contributed by atoms with van der Waals surface area (Å²) in [7, 11) is 0. The van der Waals surface area contributed by atoms with Crippen molar-refractivity contribution >= 4 is 28.8 Å². The van der Waals surface area contributed by atoms with Crippen LogP contribution in [0, 0.1) is 5.92 Å². The van der Waals surface area contributed by atoms with Gasteiger partial charge in [0.25, 0.3) is 0 Å². The topological polar surface area (TPSA) is 111 Å². The van der Waals surface area contributed by atoms with Gasteiger partial charge in [0.1, 0.15) is 15.8 Å². The van der Waals surface area contributed by atoms with Crippen molar-refractivity contribution in [3.8, 4) is 0 Å². The molecule has 3 aromatic heterocycles. The minimum Gasteiger partial charge on any atom is -0.309 e. The lowest BCUT2D eigenvalue weighted by Crippen LogP contribution is -2.16. The van der Waals surface area contributed by atoms with Crippen LogP contribution in [-0.2, 0) is 28.9 Å². The Labute approximate surface area is 190 Å². The Hall–Kier alpha value is -3.07. The van der Waals surface area contributed by atoms with E-state index < -0.39 is 0 Å². The molecule has 0 aliphatic heterocycles. The predicted molar refractivity (Wildman–Crippen MR) is 121 cm³/mol. The maximum Gasteiger partial charge on any atom is 0.231 e. The van der Waals surface area contributed by atoms with E-state index in [9.17, 15) is 9.59 Å². The summed E-state index contributed by atoms with van der Waals surface area (Å²) in [5.41, 5.74) is 1.63. The number of carbonyl (C=O) groups excluding carboxylic acids is 2. The van der Waals surface area contributed by atoms with E-state index in [1.807, 2.05) is 31.2 Å². The zero-order valence-electron chi connectivity index (χ0n) is 18.0. The van der Waals surface area contributed by atoms with Crippen LogP contribution in [0.15, 0.2) is 36.5 Å². The van der Waals surface area contributed by atoms with Crippen molar-refractivity contribution < 1.29 is 9.59 Å². The van der Waals surface area contributed by atoms with Crippen molar-refractivity contribution in [3.05, 3.63) is 57.9 Å². The molecule has 0 bridgehead atoms. The average Bonchev–Trinajstić information content (AvgIpc) is 3.45. The Kier molecular flexibility index (Phi) is 7.26. The first-order valence-electron chi connectivity index (χ1n) is 11.0. The van der Waals surface area contributed by atoms with E-state index in [0.717, 1.165) is 41.4 Å². The van der Waals surface area contributed by atoms with Gasteiger partial charge in [0.2, 0.25) is 5.91 Å². The van der Waals surface area contributed by atoms with Gasteiger partial charge in [-0.05, 0) is 55.9 Å². The number of aromatic nitrogens is 5. The number of nitrogens with zero attached hydrogens (tertiary/aromatic N) is 5. The van der Waals surface area contributed by atoms with Crippen LogP contribution in [0.5, 0.6) is 0 Å². The fourth-order valence-electron chi connectivity index (χ4n) is 3.97. The largest absolute Gasteiger partial charge is 0.309 e. The van der Waals surface area contributed by atoms with E-state index in [2.05, 4.69) is 30.7 Å². The standard InChI is InChI=1S/C23H26N6O2S/c1-2-19(30)14-22-28-29-23(32-22)16-7-6-15(11-16)12-18-8-9-20(27-26-18)25-21(31)13-17-5-3-4-10-24-17/h3-5,8-10,15-16H,2,6-7,11-14H2,1H3,(H,25,27,31)/t15-,16+/m1/s1. The third-order valence-electron chi connectivity index (χ3n) is 5.67. The summed E-state index contributed by atoms with van der Waals surface area (Å²) >= 11 is 1.57. The second-order valence-corrected chi connectivity index (χ2v) is 9.23. The Morgan fingerprint density at radius 1 is 1.03 bits per heavy atom. The van der Waals surface area contributed by atoms with Crippen LogP contribution in [0.25, 0.3) is 0 Å². The SMILES string of the molecule is CCC(=O)Cc1nnc([C@H]2CC[C@@H](Cc3ccc(NC(=O)Cc4ccccn4)nn3)C2)s1. The molecule has 3 aromatic rings. The number of carbonyl (C=O) groups is 2. The highest BCUT2D eigenvalue weighted by atomic mass is 32.1. The van der Waals surface area contributed by atoms with Gasteiger partial charge in [0.15, 0.2) is 5.82 Å². The van der Waals surface area contributed by atoms with Crippen LogP contribution in [0.3, 0.4) is 0 Å². The quantitative estimate of drug-likeness (QED) is 0.531. The summed E-state index contributed by atoms with van der Waals surface area (Å²) in [5.74, 6) is 1.40. The van der Waals surface area contributed by atoms with Gasteiger partial charge < -0.3 is 5.32 Å². The van der Waals surface area contributed by atoms with Crippen LogP contribution in [0.4, 0.5) is 5.82 Å². The zero-order chi connectivity index (χ0) is 22.3. The van der Waals surface area contributed by atoms with Gasteiger partial charge in [0.05, 0.1) is 18.5 Å². The molecule has 1 saturated carbocycles. The van der Waals surface area contributed by atoms with Crippen molar-refractivity contribution in [3.63, 3.8) is 0 Å². The van der Waals surface area contributed by atoms with E-state index in [1.54, 1.807) is 23.6 Å². The zero-order valence-corrected chi connectivity index (χ0v) is 18.8. The molecular weight excluding hydrogens is 424 g/mol. The molecule has 0 radical (unpaired) electrons. The molecule has 32 heavy (non-hydrogen) atoms. The van der Waals surface area contributed by atoms with E-state index in [4.69, 9.17) is 0 Å². The van der Waals surface area contributed by atoms with Gasteiger partial charge in [-0.25, -0.2) is 0 Å². The second kappa shape index (κ2) is 10.5. The lowest BCUT2D eigenvalue weighted by molar-refractivity contribution is -0.118. The van der Waals surface area contributed by atoms with E-state index >= 15 is 0 Å². The fourth-order valence-corrected chi connectivity index (χ4v) is 4.99. The number of amides is 1. The normalized spacial score (nSPS) is 17.9. The highest BCUT2D eigenvalue weighted by Gasteiger charge is 2.29. The molecule has 3 heterocycles. The summed E-state index contributed by atoms with van der Waals surface area (Å²) in [4.78, 5) is 27.9. The van der Waals surface area contributed by atoms with E-state index in [0.29, 0.717) is 36.2 Å². The molecule has 9 heteroatoms. The maximum atomic E-state index is 12.1. The number of rotatable bonds is 9. The third kappa shape index (κ3) is 6.00. The molecule has 0 unspecified atom stereocenters. The first-order chi connectivity index (χ1) is 15.6. The Morgan fingerprint density at radius 2 is 1.94 bits per heavy atom. The fraction of sp³-hybridized carbons (Fsp3) is 0.435. The molecule has 2 atom stereocenters. The van der Waals surface area contributed by atoms with Gasteiger partial charge in [-0.2, -0.15) is 5.10 Å². The number of hydrogen-bond donors (Lipinski definition) is 1. The van der Waals surface area contributed by atoms with Gasteiger partial charge in [-0.3, -0.25) is 14.6 Å². The van der Waals surface area contributed by atoms with Crippen molar-refractivity contribution in [1.82, 2.24) is 25.4 Å². The molecule has 1 fully saturated rings. The highest BCUT2D eigenvalue weighted by Crippen LogP contribution is 2.40. The molecule has 1 amide bonds. The van der Waals surface area contributed by atoms with Gasteiger partial charge in [-0.15, -0.1) is 26.6 Å². The lowest BCUT2D eigenvalue weighted by Gasteiger charge is -2.09. The Balaban J connectivity index is 1.26. The number of anilines is 1. The van der Waals surface area contributed by atoms with Crippen LogP contribution < -0.4 is 5.32 Å². The van der Waals surface area contributed by atoms with E-state index in [-0.39, 0.29) is 18.1 Å². The van der Waals surface area contributed by atoms with Crippen LogP contribution in [0.1, 0.15) is 59.9 Å². The summed E-state index contributed by atoms with van der Waals surface area (Å²) in [5, 5.41) is 21.6. The van der Waals surface area contributed by atoms with Crippen molar-refractivity contribution in [2.24, 2.45) is 5.92 Å². The Bertz CT molecular complexity index is 1050. The van der Waals surface area contributed by atoms with Gasteiger partial charge >= 0.3 is 0 Å².